The lowest BCUT2D eigenvalue weighted by molar-refractivity contribution is -0.0575. The Kier molecular flexibility index (Phi) is 5.78. The van der Waals surface area contributed by atoms with E-state index in [-0.39, 0.29) is 6.10 Å². The Morgan fingerprint density at radius 1 is 1.10 bits per heavy atom. The fourth-order valence-corrected chi connectivity index (χ4v) is 8.67. The molecule has 2 N–H and O–H groups in total. The third kappa shape index (κ3) is 3.86. The molecule has 0 saturated heterocycles. The van der Waals surface area contributed by atoms with Crippen LogP contribution in [0.4, 0.5) is 0 Å². The summed E-state index contributed by atoms with van der Waals surface area (Å²) in [7, 11) is 0. The largest absolute Gasteiger partial charge is 0.393 e. The molecule has 29 heavy (non-hydrogen) atoms. The fourth-order valence-electron chi connectivity index (χ4n) is 8.67. The number of fused-ring (bicyclic) bond motifs is 5. The second-order valence-electron chi connectivity index (χ2n) is 12.6. The van der Waals surface area contributed by atoms with Gasteiger partial charge in [0.15, 0.2) is 0 Å². The molecule has 2 heteroatoms. The van der Waals surface area contributed by atoms with Gasteiger partial charge in [0.05, 0.1) is 11.7 Å². The van der Waals surface area contributed by atoms with Gasteiger partial charge in [-0.05, 0) is 112 Å². The van der Waals surface area contributed by atoms with Gasteiger partial charge in [-0.1, -0.05) is 45.3 Å². The topological polar surface area (TPSA) is 40.5 Å². The van der Waals surface area contributed by atoms with E-state index < -0.39 is 5.60 Å². The van der Waals surface area contributed by atoms with Crippen molar-refractivity contribution in [2.45, 2.75) is 117 Å². The molecule has 0 spiro atoms. The van der Waals surface area contributed by atoms with E-state index in [1.54, 1.807) is 5.57 Å². The summed E-state index contributed by atoms with van der Waals surface area (Å²) in [6.07, 6.45) is 15.9. The Hall–Kier alpha value is -0.340. The first-order chi connectivity index (χ1) is 13.5. The average Bonchev–Trinajstić information content (AvgIpc) is 2.98. The van der Waals surface area contributed by atoms with E-state index in [4.69, 9.17) is 0 Å². The van der Waals surface area contributed by atoms with E-state index in [9.17, 15) is 10.2 Å². The highest BCUT2D eigenvalue weighted by molar-refractivity contribution is 5.25. The molecule has 8 atom stereocenters. The maximum atomic E-state index is 10.2. The summed E-state index contributed by atoms with van der Waals surface area (Å²) >= 11 is 0. The quantitative estimate of drug-likeness (QED) is 0.515. The van der Waals surface area contributed by atoms with Crippen molar-refractivity contribution in [3.63, 3.8) is 0 Å². The maximum absolute atomic E-state index is 10.2. The van der Waals surface area contributed by atoms with Crippen molar-refractivity contribution in [3.8, 4) is 0 Å². The Morgan fingerprint density at radius 2 is 1.86 bits per heavy atom. The molecule has 166 valence electrons. The molecule has 1 unspecified atom stereocenters. The van der Waals surface area contributed by atoms with Crippen molar-refractivity contribution < 1.29 is 10.2 Å². The van der Waals surface area contributed by atoms with E-state index in [0.29, 0.717) is 10.8 Å². The maximum Gasteiger partial charge on any atom is 0.0591 e. The molecule has 3 fully saturated rings. The van der Waals surface area contributed by atoms with Gasteiger partial charge in [-0.2, -0.15) is 0 Å². The molecule has 0 bridgehead atoms. The molecule has 4 aliphatic carbocycles. The van der Waals surface area contributed by atoms with Gasteiger partial charge < -0.3 is 10.2 Å². The predicted octanol–water partition coefficient (Wildman–Crippen LogP) is 6.50. The summed E-state index contributed by atoms with van der Waals surface area (Å²) in [4.78, 5) is 0. The minimum absolute atomic E-state index is 0.0969. The predicted molar refractivity (Wildman–Crippen MR) is 121 cm³/mol. The molecule has 0 amide bonds. The molecular weight excluding hydrogens is 356 g/mol. The van der Waals surface area contributed by atoms with E-state index in [1.807, 2.05) is 13.8 Å². The Labute approximate surface area is 179 Å². The van der Waals surface area contributed by atoms with Gasteiger partial charge in [-0.15, -0.1) is 0 Å². The summed E-state index contributed by atoms with van der Waals surface area (Å²) < 4.78 is 0. The van der Waals surface area contributed by atoms with E-state index >= 15 is 0 Å². The average molecular weight is 403 g/mol. The molecule has 2 nitrogen and oxygen atoms in total. The number of aliphatic hydroxyl groups excluding tert-OH is 1. The van der Waals surface area contributed by atoms with Crippen LogP contribution in [-0.4, -0.2) is 21.9 Å². The second-order valence-corrected chi connectivity index (χ2v) is 12.6. The molecule has 0 aromatic heterocycles. The molecule has 4 rings (SSSR count). The first kappa shape index (κ1) is 21.9. The molecule has 0 aromatic carbocycles. The van der Waals surface area contributed by atoms with Crippen LogP contribution in [0, 0.1) is 40.4 Å². The van der Waals surface area contributed by atoms with Crippen molar-refractivity contribution in [1.82, 2.24) is 0 Å². The van der Waals surface area contributed by atoms with Crippen LogP contribution in [0.5, 0.6) is 0 Å². The molecule has 0 radical (unpaired) electrons. The fraction of sp³-hybridized carbons (Fsp3) is 0.926. The van der Waals surface area contributed by atoms with Crippen molar-refractivity contribution in [2.24, 2.45) is 40.4 Å². The summed E-state index contributed by atoms with van der Waals surface area (Å²) in [6.45, 7) is 11.6. The zero-order valence-corrected chi connectivity index (χ0v) is 19.7. The van der Waals surface area contributed by atoms with Gasteiger partial charge in [-0.3, -0.25) is 0 Å². The molecule has 0 aromatic rings. The van der Waals surface area contributed by atoms with E-state index in [0.717, 1.165) is 55.3 Å². The zero-order valence-electron chi connectivity index (χ0n) is 19.7. The van der Waals surface area contributed by atoms with Crippen LogP contribution in [0.1, 0.15) is 105 Å². The molecule has 0 aliphatic heterocycles. The lowest BCUT2D eigenvalue weighted by atomic mass is 9.47. The van der Waals surface area contributed by atoms with Crippen molar-refractivity contribution in [2.75, 3.05) is 0 Å². The van der Waals surface area contributed by atoms with Gasteiger partial charge in [0, 0.05) is 0 Å². The highest BCUT2D eigenvalue weighted by Crippen LogP contribution is 2.67. The Morgan fingerprint density at radius 3 is 2.59 bits per heavy atom. The number of hydrogen-bond donors (Lipinski definition) is 2. The third-order valence-electron chi connectivity index (χ3n) is 10.3. The second kappa shape index (κ2) is 7.66. The lowest BCUT2D eigenvalue weighted by Crippen LogP contribution is -2.50. The van der Waals surface area contributed by atoms with Crippen LogP contribution < -0.4 is 0 Å². The Bertz CT molecular complexity index is 631. The van der Waals surface area contributed by atoms with Gasteiger partial charge >= 0.3 is 0 Å². The van der Waals surface area contributed by atoms with E-state index in [1.165, 1.54) is 44.9 Å². The summed E-state index contributed by atoms with van der Waals surface area (Å²) in [5.74, 6) is 4.24. The third-order valence-corrected chi connectivity index (χ3v) is 10.3. The highest BCUT2D eigenvalue weighted by Gasteiger charge is 2.59. The summed E-state index contributed by atoms with van der Waals surface area (Å²) in [5, 5.41) is 20.3. The van der Waals surface area contributed by atoms with Gasteiger partial charge in [-0.25, -0.2) is 0 Å². The van der Waals surface area contributed by atoms with Crippen molar-refractivity contribution in [1.29, 1.82) is 0 Å². The molecule has 0 heterocycles. The zero-order chi connectivity index (χ0) is 21.0. The van der Waals surface area contributed by atoms with E-state index in [2.05, 4.69) is 26.8 Å². The first-order valence-corrected chi connectivity index (χ1v) is 12.6. The van der Waals surface area contributed by atoms with Crippen LogP contribution in [0.15, 0.2) is 11.6 Å². The summed E-state index contributed by atoms with van der Waals surface area (Å²) in [6, 6.07) is 0. The van der Waals surface area contributed by atoms with Gasteiger partial charge in [0.2, 0.25) is 0 Å². The van der Waals surface area contributed by atoms with Crippen LogP contribution in [0.3, 0.4) is 0 Å². The minimum atomic E-state index is -0.519. The first-order valence-electron chi connectivity index (χ1n) is 12.6. The monoisotopic (exact) mass is 402 g/mol. The number of rotatable bonds is 5. The number of aliphatic hydroxyl groups is 2. The van der Waals surface area contributed by atoms with Crippen molar-refractivity contribution >= 4 is 0 Å². The standard InChI is InChI=1S/C27H46O2/c1-18(7-6-14-25(2,3)29)22-10-11-23-21-9-8-19-17-20(28)12-15-26(19,4)24(21)13-16-27(22,23)5/h8,18,20-24,28-29H,6-7,9-17H2,1-5H3/t18-,20?,21+,22-,23+,24+,26+,27-/m1/s1. The van der Waals surface area contributed by atoms with Gasteiger partial charge in [0.1, 0.15) is 0 Å². The summed E-state index contributed by atoms with van der Waals surface area (Å²) in [5.41, 5.74) is 1.95. The van der Waals surface area contributed by atoms with Crippen LogP contribution in [0.2, 0.25) is 0 Å². The molecule has 4 aliphatic rings. The lowest BCUT2D eigenvalue weighted by Gasteiger charge is -2.58. The van der Waals surface area contributed by atoms with Crippen LogP contribution >= 0.6 is 0 Å². The minimum Gasteiger partial charge on any atom is -0.393 e. The number of allylic oxidation sites excluding steroid dienone is 1. The van der Waals surface area contributed by atoms with Crippen LogP contribution in [0.25, 0.3) is 0 Å². The molecular formula is C27H46O2. The SMILES string of the molecule is C[C@H](CCCC(C)(C)O)[C@H]1CC[C@H]2[C@@H]3CC=C4CC(O)CC[C@]4(C)[C@H]3CC[C@]12C. The van der Waals surface area contributed by atoms with Gasteiger partial charge in [0.25, 0.3) is 0 Å². The highest BCUT2D eigenvalue weighted by atomic mass is 16.3. The van der Waals surface area contributed by atoms with Crippen LogP contribution in [-0.2, 0) is 0 Å². The smallest absolute Gasteiger partial charge is 0.0591 e. The normalized spacial score (nSPS) is 45.8. The number of hydrogen-bond acceptors (Lipinski definition) is 2. The Balaban J connectivity index is 1.47. The molecule has 3 saturated carbocycles. The van der Waals surface area contributed by atoms with Crippen molar-refractivity contribution in [3.05, 3.63) is 11.6 Å².